The smallest absolute Gasteiger partial charge is 0.238 e. The summed E-state index contributed by atoms with van der Waals surface area (Å²) in [5.74, 6) is 0.179. The van der Waals surface area contributed by atoms with Crippen LogP contribution in [0, 0.1) is 5.41 Å². The number of likely N-dealkylation sites (N-methyl/N-ethyl adjacent to an activating group) is 1. The highest BCUT2D eigenvalue weighted by molar-refractivity contribution is 5.81. The lowest BCUT2D eigenvalue weighted by Crippen LogP contribution is -2.61. The number of amides is 1. The average Bonchev–Trinajstić information content (AvgIpc) is 2.95. The normalized spacial score (nSPS) is 31.6. The van der Waals surface area contributed by atoms with E-state index in [9.17, 15) is 4.79 Å². The quantitative estimate of drug-likeness (QED) is 0.805. The molecule has 4 heteroatoms. The largest absolute Gasteiger partial charge is 0.358 e. The van der Waals surface area contributed by atoms with Crippen LogP contribution in [0.5, 0.6) is 0 Å². The zero-order chi connectivity index (χ0) is 14.0. The van der Waals surface area contributed by atoms with Crippen LogP contribution in [0.1, 0.15) is 51.4 Å². The molecule has 0 aromatic carbocycles. The van der Waals surface area contributed by atoms with Crippen molar-refractivity contribution in [2.24, 2.45) is 5.41 Å². The third kappa shape index (κ3) is 2.73. The van der Waals surface area contributed by atoms with E-state index in [4.69, 9.17) is 0 Å². The Balaban J connectivity index is 1.62. The van der Waals surface area contributed by atoms with Crippen molar-refractivity contribution in [3.8, 4) is 0 Å². The fourth-order valence-corrected chi connectivity index (χ4v) is 4.74. The zero-order valence-corrected chi connectivity index (χ0v) is 12.8. The van der Waals surface area contributed by atoms with Gasteiger partial charge >= 0.3 is 0 Å². The summed E-state index contributed by atoms with van der Waals surface area (Å²) in [6.07, 6.45) is 11.2. The molecule has 2 saturated carbocycles. The molecule has 0 aromatic heterocycles. The molecule has 114 valence electrons. The molecule has 3 fully saturated rings. The Morgan fingerprint density at radius 3 is 2.55 bits per heavy atom. The Morgan fingerprint density at radius 2 is 1.90 bits per heavy atom. The standard InChI is InChI=1S/C16H29N3O/c1-17-15(20)14-12-18-10-11-19(14)13-4-8-16(9-5-13)6-2-3-7-16/h13-14,18H,2-12H2,1H3,(H,17,20). The third-order valence-electron chi connectivity index (χ3n) is 5.98. The zero-order valence-electron chi connectivity index (χ0n) is 12.8. The first-order valence-corrected chi connectivity index (χ1v) is 8.42. The Labute approximate surface area is 122 Å². The summed E-state index contributed by atoms with van der Waals surface area (Å²) in [7, 11) is 1.75. The number of carbonyl (C=O) groups excluding carboxylic acids is 1. The molecule has 1 aliphatic heterocycles. The number of hydrogen-bond donors (Lipinski definition) is 2. The van der Waals surface area contributed by atoms with Crippen LogP contribution in [0.2, 0.25) is 0 Å². The van der Waals surface area contributed by atoms with Gasteiger partial charge in [0, 0.05) is 32.7 Å². The van der Waals surface area contributed by atoms with E-state index < -0.39 is 0 Å². The fourth-order valence-electron chi connectivity index (χ4n) is 4.74. The molecule has 1 amide bonds. The highest BCUT2D eigenvalue weighted by atomic mass is 16.2. The second kappa shape index (κ2) is 6.02. The van der Waals surface area contributed by atoms with Gasteiger partial charge in [-0.3, -0.25) is 9.69 Å². The second-order valence-electron chi connectivity index (χ2n) is 7.01. The Kier molecular flexibility index (Phi) is 4.32. The van der Waals surface area contributed by atoms with Gasteiger partial charge in [-0.2, -0.15) is 0 Å². The lowest BCUT2D eigenvalue weighted by molar-refractivity contribution is -0.128. The first-order valence-electron chi connectivity index (χ1n) is 8.42. The van der Waals surface area contributed by atoms with Crippen LogP contribution in [0.25, 0.3) is 0 Å². The van der Waals surface area contributed by atoms with Gasteiger partial charge in [0.1, 0.15) is 6.04 Å². The molecule has 1 heterocycles. The van der Waals surface area contributed by atoms with Crippen LogP contribution in [0.4, 0.5) is 0 Å². The molecule has 4 nitrogen and oxygen atoms in total. The molecule has 2 N–H and O–H groups in total. The third-order valence-corrected chi connectivity index (χ3v) is 5.98. The van der Waals surface area contributed by atoms with Crippen molar-refractivity contribution in [2.45, 2.75) is 63.5 Å². The second-order valence-corrected chi connectivity index (χ2v) is 7.01. The highest BCUT2D eigenvalue weighted by Crippen LogP contribution is 2.49. The first kappa shape index (κ1) is 14.3. The van der Waals surface area contributed by atoms with Crippen molar-refractivity contribution in [1.29, 1.82) is 0 Å². The van der Waals surface area contributed by atoms with Crippen molar-refractivity contribution >= 4 is 5.91 Å². The number of piperazine rings is 1. The van der Waals surface area contributed by atoms with Crippen molar-refractivity contribution < 1.29 is 4.79 Å². The maximum atomic E-state index is 12.1. The summed E-state index contributed by atoms with van der Waals surface area (Å²) in [5.41, 5.74) is 0.688. The Bertz CT molecular complexity index is 342. The van der Waals surface area contributed by atoms with Gasteiger partial charge in [-0.25, -0.2) is 0 Å². The molecule has 20 heavy (non-hydrogen) atoms. The summed E-state index contributed by atoms with van der Waals surface area (Å²) in [5, 5.41) is 6.20. The van der Waals surface area contributed by atoms with E-state index in [1.165, 1.54) is 51.4 Å². The van der Waals surface area contributed by atoms with Gasteiger partial charge in [0.15, 0.2) is 0 Å². The minimum absolute atomic E-state index is 0.0383. The molecule has 1 saturated heterocycles. The molecule has 2 aliphatic carbocycles. The molecular formula is C16H29N3O. The summed E-state index contributed by atoms with van der Waals surface area (Å²) >= 11 is 0. The number of hydrogen-bond acceptors (Lipinski definition) is 3. The summed E-state index contributed by atoms with van der Waals surface area (Å²) in [6.45, 7) is 2.85. The molecule has 1 spiro atoms. The van der Waals surface area contributed by atoms with Gasteiger partial charge in [-0.05, 0) is 43.9 Å². The van der Waals surface area contributed by atoms with Gasteiger partial charge in [-0.1, -0.05) is 12.8 Å². The lowest BCUT2D eigenvalue weighted by Gasteiger charge is -2.46. The highest BCUT2D eigenvalue weighted by Gasteiger charge is 2.41. The predicted octanol–water partition coefficient (Wildman–Crippen LogP) is 1.51. The molecule has 0 aromatic rings. The van der Waals surface area contributed by atoms with Crippen molar-refractivity contribution in [3.63, 3.8) is 0 Å². The maximum Gasteiger partial charge on any atom is 0.238 e. The van der Waals surface area contributed by atoms with Gasteiger partial charge in [-0.15, -0.1) is 0 Å². The van der Waals surface area contributed by atoms with Crippen molar-refractivity contribution in [3.05, 3.63) is 0 Å². The maximum absolute atomic E-state index is 12.1. The topological polar surface area (TPSA) is 44.4 Å². The Hall–Kier alpha value is -0.610. The van der Waals surface area contributed by atoms with Crippen LogP contribution < -0.4 is 10.6 Å². The van der Waals surface area contributed by atoms with Gasteiger partial charge in [0.05, 0.1) is 0 Å². The fraction of sp³-hybridized carbons (Fsp3) is 0.938. The van der Waals surface area contributed by atoms with Crippen LogP contribution >= 0.6 is 0 Å². The summed E-state index contributed by atoms with van der Waals surface area (Å²) in [6, 6.07) is 0.669. The van der Waals surface area contributed by atoms with Crippen molar-refractivity contribution in [2.75, 3.05) is 26.7 Å². The van der Waals surface area contributed by atoms with E-state index in [2.05, 4.69) is 15.5 Å². The SMILES string of the molecule is CNC(=O)C1CNCCN1C1CCC2(CCCC2)CC1. The monoisotopic (exact) mass is 279 g/mol. The molecule has 1 unspecified atom stereocenters. The van der Waals surface area contributed by atoms with E-state index in [0.29, 0.717) is 11.5 Å². The molecule has 3 rings (SSSR count). The number of carbonyl (C=O) groups is 1. The molecule has 3 aliphatic rings. The van der Waals surface area contributed by atoms with Crippen LogP contribution in [0.15, 0.2) is 0 Å². The van der Waals surface area contributed by atoms with E-state index >= 15 is 0 Å². The van der Waals surface area contributed by atoms with E-state index in [1.807, 2.05) is 0 Å². The summed E-state index contributed by atoms with van der Waals surface area (Å²) in [4.78, 5) is 14.6. The molecule has 1 atom stereocenters. The molecule has 0 radical (unpaired) electrons. The average molecular weight is 279 g/mol. The summed E-state index contributed by atoms with van der Waals surface area (Å²) < 4.78 is 0. The predicted molar refractivity (Wildman–Crippen MR) is 80.6 cm³/mol. The van der Waals surface area contributed by atoms with E-state index in [1.54, 1.807) is 7.05 Å². The minimum Gasteiger partial charge on any atom is -0.358 e. The van der Waals surface area contributed by atoms with E-state index in [0.717, 1.165) is 19.6 Å². The minimum atomic E-state index is 0.0383. The molecular weight excluding hydrogens is 250 g/mol. The van der Waals surface area contributed by atoms with Crippen LogP contribution in [-0.2, 0) is 4.79 Å². The number of nitrogens with one attached hydrogen (secondary N) is 2. The van der Waals surface area contributed by atoms with E-state index in [-0.39, 0.29) is 11.9 Å². The van der Waals surface area contributed by atoms with Crippen LogP contribution in [0.3, 0.4) is 0 Å². The van der Waals surface area contributed by atoms with Gasteiger partial charge < -0.3 is 10.6 Å². The lowest BCUT2D eigenvalue weighted by atomic mass is 9.71. The number of rotatable bonds is 2. The number of nitrogens with zero attached hydrogens (tertiary/aromatic N) is 1. The van der Waals surface area contributed by atoms with Gasteiger partial charge in [0.2, 0.25) is 5.91 Å². The Morgan fingerprint density at radius 1 is 1.20 bits per heavy atom. The van der Waals surface area contributed by atoms with Crippen molar-refractivity contribution in [1.82, 2.24) is 15.5 Å². The molecule has 0 bridgehead atoms. The van der Waals surface area contributed by atoms with Gasteiger partial charge in [0.25, 0.3) is 0 Å². The van der Waals surface area contributed by atoms with Crippen LogP contribution in [-0.4, -0.2) is 49.6 Å². The first-order chi connectivity index (χ1) is 9.74.